The average molecular weight is 552 g/mol. The van der Waals surface area contributed by atoms with Gasteiger partial charge in [0.05, 0.1) is 32.7 Å². The van der Waals surface area contributed by atoms with Crippen molar-refractivity contribution in [2.24, 2.45) is 0 Å². The van der Waals surface area contributed by atoms with Crippen molar-refractivity contribution in [2.45, 2.75) is 0 Å². The zero-order chi connectivity index (χ0) is 28.6. The van der Waals surface area contributed by atoms with Crippen LogP contribution in [0.2, 0.25) is 0 Å². The van der Waals surface area contributed by atoms with Crippen molar-refractivity contribution < 1.29 is 14.2 Å². The van der Waals surface area contributed by atoms with Gasteiger partial charge in [-0.3, -0.25) is 0 Å². The molecule has 6 nitrogen and oxygen atoms in total. The van der Waals surface area contributed by atoms with Crippen LogP contribution in [0.5, 0.6) is 17.2 Å². The van der Waals surface area contributed by atoms with Crippen LogP contribution in [0.25, 0.3) is 67.6 Å². The molecule has 4 heterocycles. The molecule has 0 aliphatic carbocycles. The maximum atomic E-state index is 5.44. The van der Waals surface area contributed by atoms with Gasteiger partial charge in [0.25, 0.3) is 0 Å². The molecule has 1 aliphatic heterocycles. The lowest BCUT2D eigenvalue weighted by molar-refractivity contribution is 0.415. The molecule has 0 amide bonds. The van der Waals surface area contributed by atoms with E-state index in [0.717, 1.165) is 84.1 Å². The summed E-state index contributed by atoms with van der Waals surface area (Å²) < 4.78 is 16.3. The number of nitrogens with one attached hydrogen (secondary N) is 2. The molecule has 0 spiro atoms. The van der Waals surface area contributed by atoms with Crippen molar-refractivity contribution in [3.05, 3.63) is 108 Å². The van der Waals surface area contributed by atoms with Gasteiger partial charge < -0.3 is 24.2 Å². The molecule has 0 atom stereocenters. The van der Waals surface area contributed by atoms with Gasteiger partial charge in [0.2, 0.25) is 0 Å². The molecule has 0 radical (unpaired) electrons. The van der Waals surface area contributed by atoms with Crippen LogP contribution in [-0.4, -0.2) is 36.3 Å². The molecule has 6 heteroatoms. The molecule has 3 aromatic heterocycles. The normalized spacial score (nSPS) is 11.6. The second-order valence-electron chi connectivity index (χ2n) is 10.1. The van der Waals surface area contributed by atoms with E-state index in [4.69, 9.17) is 19.2 Å². The first-order valence-electron chi connectivity index (χ1n) is 13.7. The third-order valence-corrected chi connectivity index (χ3v) is 7.74. The molecule has 3 aromatic carbocycles. The van der Waals surface area contributed by atoms with Crippen molar-refractivity contribution in [2.75, 3.05) is 21.3 Å². The summed E-state index contributed by atoms with van der Waals surface area (Å²) in [5.74, 6) is 2.43. The number of aromatic nitrogens is 3. The van der Waals surface area contributed by atoms with Gasteiger partial charge in [-0.2, -0.15) is 0 Å². The lowest BCUT2D eigenvalue weighted by atomic mass is 10.0. The summed E-state index contributed by atoms with van der Waals surface area (Å²) in [5, 5.41) is 0. The van der Waals surface area contributed by atoms with Crippen molar-refractivity contribution in [3.63, 3.8) is 0 Å². The van der Waals surface area contributed by atoms with Crippen molar-refractivity contribution in [3.8, 4) is 50.6 Å². The van der Waals surface area contributed by atoms with Gasteiger partial charge >= 0.3 is 0 Å². The first kappa shape index (κ1) is 25.5. The van der Waals surface area contributed by atoms with Gasteiger partial charge in [-0.25, -0.2) is 4.98 Å². The molecule has 42 heavy (non-hydrogen) atoms. The number of H-pyrrole nitrogens is 2. The summed E-state index contributed by atoms with van der Waals surface area (Å²) >= 11 is 0. The summed E-state index contributed by atoms with van der Waals surface area (Å²) in [4.78, 5) is 12.7. The summed E-state index contributed by atoms with van der Waals surface area (Å²) in [5.41, 5.74) is 12.0. The van der Waals surface area contributed by atoms with E-state index in [1.54, 1.807) is 21.3 Å². The maximum Gasteiger partial charge on any atom is 0.118 e. The van der Waals surface area contributed by atoms with E-state index in [2.05, 4.69) is 82.8 Å². The number of methoxy groups -OCH3 is 3. The Hall–Kier alpha value is -5.49. The Morgan fingerprint density at radius 1 is 0.405 bits per heavy atom. The van der Waals surface area contributed by atoms with Crippen LogP contribution < -0.4 is 14.2 Å². The van der Waals surface area contributed by atoms with Crippen LogP contribution in [-0.2, 0) is 0 Å². The van der Waals surface area contributed by atoms with E-state index >= 15 is 0 Å². The molecule has 2 N–H and O–H groups in total. The minimum absolute atomic E-state index is 0.808. The van der Waals surface area contributed by atoms with Gasteiger partial charge in [-0.1, -0.05) is 36.4 Å². The molecule has 0 fully saturated rings. The summed E-state index contributed by atoms with van der Waals surface area (Å²) in [6, 6.07) is 32.9. The van der Waals surface area contributed by atoms with Gasteiger partial charge in [0.1, 0.15) is 17.2 Å². The highest BCUT2D eigenvalue weighted by Crippen LogP contribution is 2.38. The summed E-state index contributed by atoms with van der Waals surface area (Å²) in [6.07, 6.45) is 4.18. The monoisotopic (exact) mass is 551 g/mol. The number of hydrogen-bond acceptors (Lipinski definition) is 4. The molecule has 7 rings (SSSR count). The van der Waals surface area contributed by atoms with Gasteiger partial charge in [-0.15, -0.1) is 0 Å². The van der Waals surface area contributed by atoms with E-state index in [0.29, 0.717) is 0 Å². The van der Waals surface area contributed by atoms with Gasteiger partial charge in [-0.05, 0) is 89.5 Å². The van der Waals surface area contributed by atoms with Crippen LogP contribution in [0.3, 0.4) is 0 Å². The fourth-order valence-electron chi connectivity index (χ4n) is 5.63. The molecule has 206 valence electrons. The molecule has 0 saturated carbocycles. The largest absolute Gasteiger partial charge is 0.497 e. The highest BCUT2D eigenvalue weighted by atomic mass is 16.5. The highest BCUT2D eigenvalue weighted by molar-refractivity contribution is 6.00. The number of rotatable bonds is 6. The number of hydrogen-bond donors (Lipinski definition) is 2. The zero-order valence-corrected chi connectivity index (χ0v) is 23.6. The smallest absolute Gasteiger partial charge is 0.118 e. The quantitative estimate of drug-likeness (QED) is 0.217. The van der Waals surface area contributed by atoms with Gasteiger partial charge in [0.15, 0.2) is 0 Å². The minimum Gasteiger partial charge on any atom is -0.497 e. The number of benzene rings is 3. The third-order valence-electron chi connectivity index (χ3n) is 7.74. The Morgan fingerprint density at radius 3 is 1.05 bits per heavy atom. The summed E-state index contributed by atoms with van der Waals surface area (Å²) in [6.45, 7) is 0. The fraction of sp³-hybridized carbons (Fsp3) is 0.0833. The topological polar surface area (TPSA) is 72.2 Å². The number of ether oxygens (including phenoxy) is 3. The van der Waals surface area contributed by atoms with Crippen molar-refractivity contribution in [1.29, 1.82) is 0 Å². The predicted octanol–water partition coefficient (Wildman–Crippen LogP) is 8.68. The fourth-order valence-corrected chi connectivity index (χ4v) is 5.63. The van der Waals surface area contributed by atoms with Crippen molar-refractivity contribution >= 4 is 34.2 Å². The van der Waals surface area contributed by atoms with Crippen LogP contribution >= 0.6 is 0 Å². The van der Waals surface area contributed by atoms with Crippen LogP contribution in [0.15, 0.2) is 97.1 Å². The number of aromatic amines is 2. The molecular weight excluding hydrogens is 522 g/mol. The van der Waals surface area contributed by atoms with Crippen molar-refractivity contribution in [1.82, 2.24) is 15.0 Å². The van der Waals surface area contributed by atoms with E-state index < -0.39 is 0 Å². The minimum atomic E-state index is 0.808. The van der Waals surface area contributed by atoms with Crippen LogP contribution in [0.4, 0.5) is 0 Å². The molecule has 0 saturated heterocycles. The maximum absolute atomic E-state index is 5.44. The second-order valence-corrected chi connectivity index (χ2v) is 10.1. The molecule has 6 aromatic rings. The van der Waals surface area contributed by atoms with Crippen LogP contribution in [0.1, 0.15) is 11.4 Å². The lowest BCUT2D eigenvalue weighted by Gasteiger charge is -2.08. The van der Waals surface area contributed by atoms with Crippen LogP contribution in [0, 0.1) is 0 Å². The van der Waals surface area contributed by atoms with E-state index in [-0.39, 0.29) is 0 Å². The first-order chi connectivity index (χ1) is 20.6. The Balaban J connectivity index is 1.60. The summed E-state index contributed by atoms with van der Waals surface area (Å²) in [7, 11) is 5.04. The van der Waals surface area contributed by atoms with E-state index in [9.17, 15) is 0 Å². The van der Waals surface area contributed by atoms with E-state index in [1.807, 2.05) is 36.4 Å². The Kier molecular flexibility index (Phi) is 6.36. The predicted molar refractivity (Wildman–Crippen MR) is 170 cm³/mol. The van der Waals surface area contributed by atoms with Gasteiger partial charge in [0, 0.05) is 38.8 Å². The Bertz CT molecular complexity index is 1890. The number of fused-ring (bicyclic) bond motifs is 6. The average Bonchev–Trinajstić information content (AvgIpc) is 3.82. The highest BCUT2D eigenvalue weighted by Gasteiger charge is 2.17. The molecular formula is C36H29N3O3. The molecule has 6 bridgehead atoms. The van der Waals surface area contributed by atoms with E-state index in [1.165, 1.54) is 0 Å². The Labute approximate surface area is 243 Å². The Morgan fingerprint density at radius 2 is 0.714 bits per heavy atom. The first-order valence-corrected chi connectivity index (χ1v) is 13.7. The third kappa shape index (κ3) is 4.43. The molecule has 1 aliphatic rings. The standard InChI is InChI=1S/C36H29N3O3/c1-40-25-10-4-22(5-11-25)34-28-16-18-30(37-28)35(23-6-12-26(41-2)13-7-23)32-20-21-33(39-32)36(31-19-17-29(34)38-31)24-8-14-27(42-3)15-9-24/h4-21,37-38H,1-3H3. The number of nitrogens with zero attached hydrogens (tertiary/aromatic N) is 1. The second kappa shape index (κ2) is 10.5. The lowest BCUT2D eigenvalue weighted by Crippen LogP contribution is -1.90. The SMILES string of the molecule is COc1ccc(-c2c3nc(c(-c4ccc(OC)cc4)c4ccc([nH]4)c(-c4ccc(OC)cc4)c4ccc2[nH]4)C=C3)cc1. The molecule has 0 unspecified atom stereocenters. The zero-order valence-electron chi connectivity index (χ0n) is 23.6.